The van der Waals surface area contributed by atoms with Crippen LogP contribution in [0.15, 0.2) is 0 Å². The quantitative estimate of drug-likeness (QED) is 0.158. The lowest BCUT2D eigenvalue weighted by Gasteiger charge is -2.24. The summed E-state index contributed by atoms with van der Waals surface area (Å²) in [5.41, 5.74) is 0. The van der Waals surface area contributed by atoms with E-state index in [0.29, 0.717) is 0 Å². The molecule has 0 aromatic carbocycles. The first-order valence-electron chi connectivity index (χ1n) is 5.56. The van der Waals surface area contributed by atoms with Gasteiger partial charge in [0, 0.05) is 0 Å². The van der Waals surface area contributed by atoms with Gasteiger partial charge in [0.25, 0.3) is 0 Å². The van der Waals surface area contributed by atoms with Gasteiger partial charge in [-0.1, -0.05) is 0 Å². The topological polar surface area (TPSA) is 202 Å². The summed E-state index contributed by atoms with van der Waals surface area (Å²) in [7, 11) is 0. The zero-order valence-corrected chi connectivity index (χ0v) is 10.5. The van der Waals surface area contributed by atoms with E-state index >= 15 is 0 Å². The number of ether oxygens (including phenoxy) is 1. The number of carbonyl (C=O) groups is 3. The van der Waals surface area contributed by atoms with Gasteiger partial charge in [-0.3, -0.25) is 0 Å². The molecule has 2 unspecified atom stereocenters. The number of carboxylic acids is 1. The third kappa shape index (κ3) is 5.71. The lowest BCUT2D eigenvalue weighted by Crippen LogP contribution is -2.48. The van der Waals surface area contributed by atoms with E-state index in [0.717, 1.165) is 0 Å². The largest absolute Gasteiger partial charge is 0.479 e. The zero-order valence-electron chi connectivity index (χ0n) is 10.5. The highest BCUT2D eigenvalue weighted by molar-refractivity contribution is 5.84. The van der Waals surface area contributed by atoms with Crippen LogP contribution in [-0.2, 0) is 19.1 Å². The van der Waals surface area contributed by atoms with E-state index in [2.05, 4.69) is 4.74 Å². The molecule has 7 N–H and O–H groups in total. The maximum atomic E-state index is 11.1. The van der Waals surface area contributed by atoms with Crippen molar-refractivity contribution < 1.29 is 54.9 Å². The van der Waals surface area contributed by atoms with Crippen molar-refractivity contribution in [2.45, 2.75) is 36.6 Å². The second-order valence-corrected chi connectivity index (χ2v) is 4.03. The van der Waals surface area contributed by atoms with Crippen molar-refractivity contribution in [2.24, 2.45) is 0 Å². The van der Waals surface area contributed by atoms with Gasteiger partial charge in [0.1, 0.15) is 31.0 Å². The fourth-order valence-electron chi connectivity index (χ4n) is 1.13. The Hall–Kier alpha value is -1.63. The maximum absolute atomic E-state index is 11.1. The van der Waals surface area contributed by atoms with E-state index in [1.807, 2.05) is 0 Å². The van der Waals surface area contributed by atoms with Gasteiger partial charge in [-0.2, -0.15) is 0 Å². The molecule has 0 aromatic rings. The molecule has 0 rings (SSSR count). The van der Waals surface area contributed by atoms with Crippen molar-refractivity contribution in [2.75, 3.05) is 6.61 Å². The summed E-state index contributed by atoms with van der Waals surface area (Å²) in [6.45, 7) is -0.994. The fourth-order valence-corrected chi connectivity index (χ4v) is 1.13. The van der Waals surface area contributed by atoms with Crippen molar-refractivity contribution in [3.8, 4) is 0 Å². The predicted octanol–water partition coefficient (Wildman–Crippen LogP) is -5.02. The van der Waals surface area contributed by atoms with E-state index in [1.54, 1.807) is 0 Å². The van der Waals surface area contributed by atoms with Crippen LogP contribution in [0.3, 0.4) is 0 Å². The summed E-state index contributed by atoms with van der Waals surface area (Å²) in [5, 5.41) is 63.0. The van der Waals surface area contributed by atoms with Crippen LogP contribution >= 0.6 is 0 Å². The van der Waals surface area contributed by atoms with Crippen LogP contribution in [0, 0.1) is 0 Å². The molecule has 11 heteroatoms. The molecule has 0 amide bonds. The SMILES string of the molecule is O=C[C@H](O)[C@@H](O)[C@H](O)[C@H](O)COC(=O)C(O)C(O)C(=O)O. The Kier molecular flexibility index (Phi) is 7.94. The molecule has 0 spiro atoms. The highest BCUT2D eigenvalue weighted by Crippen LogP contribution is 2.06. The van der Waals surface area contributed by atoms with Gasteiger partial charge in [-0.15, -0.1) is 0 Å². The summed E-state index contributed by atoms with van der Waals surface area (Å²) in [6.07, 6.45) is -13.0. The molecule has 0 heterocycles. The van der Waals surface area contributed by atoms with Crippen LogP contribution in [0.2, 0.25) is 0 Å². The second-order valence-electron chi connectivity index (χ2n) is 4.03. The normalized spacial score (nSPS) is 19.7. The number of hydrogen-bond donors (Lipinski definition) is 7. The Morgan fingerprint density at radius 3 is 1.90 bits per heavy atom. The van der Waals surface area contributed by atoms with Crippen molar-refractivity contribution in [1.29, 1.82) is 0 Å². The summed E-state index contributed by atoms with van der Waals surface area (Å²) < 4.78 is 4.22. The lowest BCUT2D eigenvalue weighted by atomic mass is 10.0. The third-order valence-electron chi connectivity index (χ3n) is 2.42. The zero-order chi connectivity index (χ0) is 16.7. The minimum absolute atomic E-state index is 0.0976. The third-order valence-corrected chi connectivity index (χ3v) is 2.42. The van der Waals surface area contributed by atoms with Gasteiger partial charge in [0.2, 0.25) is 0 Å². The minimum Gasteiger partial charge on any atom is -0.479 e. The van der Waals surface area contributed by atoms with Crippen molar-refractivity contribution in [1.82, 2.24) is 0 Å². The molecular formula is C10H16O11. The molecule has 0 aliphatic heterocycles. The highest BCUT2D eigenvalue weighted by Gasteiger charge is 2.34. The van der Waals surface area contributed by atoms with E-state index in [1.165, 1.54) is 0 Å². The van der Waals surface area contributed by atoms with E-state index in [4.69, 9.17) is 20.4 Å². The monoisotopic (exact) mass is 312 g/mol. The van der Waals surface area contributed by atoms with E-state index in [-0.39, 0.29) is 6.29 Å². The van der Waals surface area contributed by atoms with Crippen LogP contribution < -0.4 is 0 Å². The molecule has 0 bridgehead atoms. The van der Waals surface area contributed by atoms with Crippen molar-refractivity contribution in [3.63, 3.8) is 0 Å². The Morgan fingerprint density at radius 1 is 0.952 bits per heavy atom. The molecule has 11 nitrogen and oxygen atoms in total. The number of hydrogen-bond acceptors (Lipinski definition) is 10. The molecule has 0 fully saturated rings. The number of aliphatic hydroxyl groups excluding tert-OH is 6. The summed E-state index contributed by atoms with van der Waals surface area (Å²) in [4.78, 5) is 31.6. The van der Waals surface area contributed by atoms with Gasteiger partial charge in [-0.05, 0) is 0 Å². The van der Waals surface area contributed by atoms with Crippen LogP contribution in [0.4, 0.5) is 0 Å². The smallest absolute Gasteiger partial charge is 0.338 e. The first-order chi connectivity index (χ1) is 9.63. The molecule has 21 heavy (non-hydrogen) atoms. The number of aliphatic hydroxyl groups is 6. The van der Waals surface area contributed by atoms with Gasteiger partial charge in [0.05, 0.1) is 0 Å². The lowest BCUT2D eigenvalue weighted by molar-refractivity contribution is -0.175. The summed E-state index contributed by atoms with van der Waals surface area (Å²) in [5.74, 6) is -3.48. The molecule has 6 atom stereocenters. The summed E-state index contributed by atoms with van der Waals surface area (Å²) in [6, 6.07) is 0. The maximum Gasteiger partial charge on any atom is 0.338 e. The van der Waals surface area contributed by atoms with E-state index < -0.39 is 55.2 Å². The Morgan fingerprint density at radius 2 is 1.48 bits per heavy atom. The average Bonchev–Trinajstić information content (AvgIpc) is 2.47. The number of esters is 1. The number of aliphatic carboxylic acids is 1. The van der Waals surface area contributed by atoms with Crippen LogP contribution in [0.1, 0.15) is 0 Å². The Balaban J connectivity index is 4.41. The van der Waals surface area contributed by atoms with Gasteiger partial charge >= 0.3 is 11.9 Å². The molecule has 0 aliphatic carbocycles. The number of aldehydes is 1. The Bertz CT molecular complexity index is 370. The second kappa shape index (κ2) is 8.61. The molecule has 0 radical (unpaired) electrons. The molecule has 0 aliphatic rings. The fraction of sp³-hybridized carbons (Fsp3) is 0.700. The molecule has 0 saturated carbocycles. The summed E-state index contributed by atoms with van der Waals surface area (Å²) >= 11 is 0. The first-order valence-corrected chi connectivity index (χ1v) is 5.56. The van der Waals surface area contributed by atoms with E-state index in [9.17, 15) is 29.7 Å². The molecule has 122 valence electrons. The minimum atomic E-state index is -2.44. The predicted molar refractivity (Wildman–Crippen MR) is 60.7 cm³/mol. The molecule has 0 aromatic heterocycles. The Labute approximate surface area is 117 Å². The average molecular weight is 312 g/mol. The van der Waals surface area contributed by atoms with Crippen molar-refractivity contribution in [3.05, 3.63) is 0 Å². The van der Waals surface area contributed by atoms with Crippen molar-refractivity contribution >= 4 is 18.2 Å². The van der Waals surface area contributed by atoms with Gasteiger partial charge < -0.3 is 45.3 Å². The van der Waals surface area contributed by atoms with Crippen LogP contribution in [-0.4, -0.2) is 97.2 Å². The number of carbonyl (C=O) groups excluding carboxylic acids is 2. The van der Waals surface area contributed by atoms with Gasteiger partial charge in [0.15, 0.2) is 18.5 Å². The molecule has 0 saturated heterocycles. The van der Waals surface area contributed by atoms with Crippen LogP contribution in [0.25, 0.3) is 0 Å². The highest BCUT2D eigenvalue weighted by atomic mass is 16.6. The van der Waals surface area contributed by atoms with Gasteiger partial charge in [-0.25, -0.2) is 9.59 Å². The number of carboxylic acid groups (broad SMARTS) is 1. The standard InChI is InChI=1S/C10H16O11/c11-1-3(12)5(14)6(15)4(13)2-21-10(20)8(17)7(16)9(18)19/h1,3-8,12-17H,2H2,(H,18,19)/t3-,4+,5+,6+,7?,8?/m0/s1. The van der Waals surface area contributed by atoms with Crippen LogP contribution in [0.5, 0.6) is 0 Å². The molecular weight excluding hydrogens is 296 g/mol. The number of rotatable bonds is 9. The first kappa shape index (κ1) is 19.4.